The summed E-state index contributed by atoms with van der Waals surface area (Å²) in [6.45, 7) is 9.58. The van der Waals surface area contributed by atoms with Crippen LogP contribution in [0, 0.1) is 25.6 Å². The molecule has 3 aromatic rings. The van der Waals surface area contributed by atoms with E-state index in [-0.39, 0.29) is 18.2 Å². The van der Waals surface area contributed by atoms with Crippen molar-refractivity contribution >= 4 is 17.9 Å². The van der Waals surface area contributed by atoms with Crippen molar-refractivity contribution in [1.82, 2.24) is 4.31 Å². The van der Waals surface area contributed by atoms with Crippen molar-refractivity contribution in [1.29, 1.82) is 0 Å². The summed E-state index contributed by atoms with van der Waals surface area (Å²) in [6.07, 6.45) is 1.02. The average Bonchev–Trinajstić information content (AvgIpc) is 3.50. The number of carboxylic acids is 1. The van der Waals surface area contributed by atoms with Crippen LogP contribution in [-0.2, 0) is 11.2 Å². The number of aryl methyl sites for hydroxylation is 2. The summed E-state index contributed by atoms with van der Waals surface area (Å²) in [5.41, 5.74) is 6.89. The normalized spacial score (nSPS) is 19.8. The van der Waals surface area contributed by atoms with Crippen LogP contribution in [0.4, 0.5) is 4.39 Å². The Hall–Kier alpha value is -3.23. The molecule has 0 spiro atoms. The summed E-state index contributed by atoms with van der Waals surface area (Å²) in [4.78, 5) is 11.2. The molecule has 41 heavy (non-hydrogen) atoms. The van der Waals surface area contributed by atoms with Gasteiger partial charge in [0.05, 0.1) is 19.6 Å². The summed E-state index contributed by atoms with van der Waals surface area (Å²) < 4.78 is 35.9. The van der Waals surface area contributed by atoms with Crippen LogP contribution in [-0.4, -0.2) is 47.4 Å². The molecule has 6 nitrogen and oxygen atoms in total. The minimum absolute atomic E-state index is 0.0284. The predicted molar refractivity (Wildman–Crippen MR) is 159 cm³/mol. The standard InChI is InChI=1S/C33H36FNO5S/c1-4-41-35-15-21(16-35)17-38-24-11-19(2)32(20(3)12-24)26-7-9-28(34)33-27(26)8-10-29(33)40-23-5-6-25-22(13-31(36)37)18-39-30(25)14-23/h5-7,9,11-12,14,21-22,29H,4,8,10,13,15-18H2,1-3H3,(H,36,37)/t22-,29-/m1/s1. The van der Waals surface area contributed by atoms with Gasteiger partial charge in [-0.25, -0.2) is 8.70 Å². The minimum atomic E-state index is -0.847. The second-order valence-electron chi connectivity index (χ2n) is 11.3. The van der Waals surface area contributed by atoms with E-state index in [0.29, 0.717) is 36.0 Å². The van der Waals surface area contributed by atoms with Gasteiger partial charge in [0, 0.05) is 47.9 Å². The van der Waals surface area contributed by atoms with Crippen molar-refractivity contribution in [2.75, 3.05) is 32.1 Å². The Balaban J connectivity index is 1.19. The first-order chi connectivity index (χ1) is 19.8. The lowest BCUT2D eigenvalue weighted by atomic mass is 9.90. The molecular weight excluding hydrogens is 541 g/mol. The summed E-state index contributed by atoms with van der Waals surface area (Å²) >= 11 is 1.88. The molecule has 216 valence electrons. The summed E-state index contributed by atoms with van der Waals surface area (Å²) in [6, 6.07) is 13.1. The van der Waals surface area contributed by atoms with Crippen LogP contribution in [0.2, 0.25) is 0 Å². The molecule has 6 rings (SSSR count). The van der Waals surface area contributed by atoms with E-state index < -0.39 is 12.1 Å². The maximum atomic E-state index is 15.3. The van der Waals surface area contributed by atoms with Crippen molar-refractivity contribution in [3.05, 3.63) is 76.1 Å². The van der Waals surface area contributed by atoms with E-state index in [9.17, 15) is 4.79 Å². The predicted octanol–water partition coefficient (Wildman–Crippen LogP) is 7.11. The fourth-order valence-corrected chi connectivity index (χ4v) is 7.46. The zero-order valence-corrected chi connectivity index (χ0v) is 24.6. The van der Waals surface area contributed by atoms with Crippen molar-refractivity contribution in [3.8, 4) is 28.4 Å². The molecule has 1 saturated heterocycles. The van der Waals surface area contributed by atoms with Gasteiger partial charge in [0.2, 0.25) is 0 Å². The van der Waals surface area contributed by atoms with E-state index in [4.69, 9.17) is 19.3 Å². The smallest absolute Gasteiger partial charge is 0.304 e. The fourth-order valence-electron chi connectivity index (χ4n) is 6.46. The maximum absolute atomic E-state index is 15.3. The van der Waals surface area contributed by atoms with Crippen LogP contribution in [0.5, 0.6) is 17.2 Å². The number of carboxylic acid groups (broad SMARTS) is 1. The number of carbonyl (C=O) groups is 1. The van der Waals surface area contributed by atoms with E-state index >= 15 is 4.39 Å². The van der Waals surface area contributed by atoms with Gasteiger partial charge >= 0.3 is 5.97 Å². The third-order valence-corrected chi connectivity index (χ3v) is 9.26. The lowest BCUT2D eigenvalue weighted by Gasteiger charge is -2.37. The average molecular weight is 578 g/mol. The van der Waals surface area contributed by atoms with Gasteiger partial charge in [-0.2, -0.15) is 0 Å². The number of aliphatic carboxylic acids is 1. The number of hydrogen-bond donors (Lipinski definition) is 1. The molecule has 8 heteroatoms. The quantitative estimate of drug-likeness (QED) is 0.258. The van der Waals surface area contributed by atoms with E-state index in [1.807, 2.05) is 30.1 Å². The number of nitrogens with zero attached hydrogens (tertiary/aromatic N) is 1. The number of benzene rings is 3. The van der Waals surface area contributed by atoms with Crippen LogP contribution in [0.15, 0.2) is 42.5 Å². The van der Waals surface area contributed by atoms with Gasteiger partial charge in [-0.3, -0.25) is 4.79 Å². The molecule has 1 aliphatic carbocycles. The van der Waals surface area contributed by atoms with E-state index in [1.54, 1.807) is 12.1 Å². The molecule has 0 radical (unpaired) electrons. The third-order valence-electron chi connectivity index (χ3n) is 8.34. The molecule has 0 saturated carbocycles. The van der Waals surface area contributed by atoms with Gasteiger partial charge in [-0.1, -0.05) is 31.0 Å². The molecule has 3 aliphatic rings. The third kappa shape index (κ3) is 5.64. The van der Waals surface area contributed by atoms with Crippen LogP contribution in [0.25, 0.3) is 11.1 Å². The highest BCUT2D eigenvalue weighted by Crippen LogP contribution is 2.45. The minimum Gasteiger partial charge on any atom is -0.493 e. The fraction of sp³-hybridized carbons (Fsp3) is 0.424. The second-order valence-corrected chi connectivity index (χ2v) is 12.7. The van der Waals surface area contributed by atoms with Gasteiger partial charge in [0.1, 0.15) is 29.2 Å². The molecule has 0 bridgehead atoms. The lowest BCUT2D eigenvalue weighted by Crippen LogP contribution is -2.45. The topological polar surface area (TPSA) is 68.2 Å². The Morgan fingerprint density at radius 3 is 2.63 bits per heavy atom. The van der Waals surface area contributed by atoms with Gasteiger partial charge in [-0.05, 0) is 78.8 Å². The molecule has 0 unspecified atom stereocenters. The summed E-state index contributed by atoms with van der Waals surface area (Å²) in [5.74, 6) is 2.53. The van der Waals surface area contributed by atoms with E-state index in [2.05, 4.69) is 37.2 Å². The van der Waals surface area contributed by atoms with Crippen molar-refractivity contribution < 1.29 is 28.5 Å². The molecule has 1 N–H and O–H groups in total. The highest BCUT2D eigenvalue weighted by molar-refractivity contribution is 7.97. The number of halogens is 1. The molecule has 0 amide bonds. The zero-order chi connectivity index (χ0) is 28.7. The van der Waals surface area contributed by atoms with Gasteiger partial charge < -0.3 is 19.3 Å². The Morgan fingerprint density at radius 1 is 1.12 bits per heavy atom. The highest BCUT2D eigenvalue weighted by atomic mass is 32.2. The first-order valence-corrected chi connectivity index (χ1v) is 15.3. The number of hydrogen-bond acceptors (Lipinski definition) is 6. The SMILES string of the molecule is CCSN1CC(COc2cc(C)c(-c3ccc(F)c4c3CC[C@H]4Oc3ccc4c(c3)OC[C@H]4CC(=O)O)c(C)c2)C1. The molecule has 3 aromatic carbocycles. The number of rotatable bonds is 10. The van der Waals surface area contributed by atoms with Crippen molar-refractivity contribution in [2.45, 2.75) is 52.1 Å². The first kappa shape index (κ1) is 27.9. The Bertz CT molecular complexity index is 1450. The van der Waals surface area contributed by atoms with Crippen molar-refractivity contribution in [3.63, 3.8) is 0 Å². The molecular formula is C33H36FNO5S. The van der Waals surface area contributed by atoms with Crippen LogP contribution in [0.3, 0.4) is 0 Å². The Labute approximate surface area is 244 Å². The summed E-state index contributed by atoms with van der Waals surface area (Å²) in [7, 11) is 0. The molecule has 2 aliphatic heterocycles. The Morgan fingerprint density at radius 2 is 1.90 bits per heavy atom. The molecule has 2 heterocycles. The van der Waals surface area contributed by atoms with E-state index in [0.717, 1.165) is 71.0 Å². The molecule has 1 fully saturated rings. The van der Waals surface area contributed by atoms with Gasteiger partial charge in [0.25, 0.3) is 0 Å². The molecule has 0 aromatic heterocycles. The largest absolute Gasteiger partial charge is 0.493 e. The van der Waals surface area contributed by atoms with Crippen LogP contribution < -0.4 is 14.2 Å². The van der Waals surface area contributed by atoms with Crippen LogP contribution >= 0.6 is 11.9 Å². The second kappa shape index (κ2) is 11.6. The monoisotopic (exact) mass is 577 g/mol. The van der Waals surface area contributed by atoms with Gasteiger partial charge in [0.15, 0.2) is 0 Å². The van der Waals surface area contributed by atoms with Crippen molar-refractivity contribution in [2.24, 2.45) is 5.92 Å². The summed E-state index contributed by atoms with van der Waals surface area (Å²) in [5, 5.41) is 9.17. The number of ether oxygens (including phenoxy) is 3. The lowest BCUT2D eigenvalue weighted by molar-refractivity contribution is -0.137. The first-order valence-electron chi connectivity index (χ1n) is 14.4. The number of fused-ring (bicyclic) bond motifs is 2. The highest BCUT2D eigenvalue weighted by Gasteiger charge is 2.32. The zero-order valence-electron chi connectivity index (χ0n) is 23.7. The Kier molecular flexibility index (Phi) is 7.88. The van der Waals surface area contributed by atoms with Gasteiger partial charge in [-0.15, -0.1) is 0 Å². The molecule has 2 atom stereocenters. The van der Waals surface area contributed by atoms with Crippen LogP contribution in [0.1, 0.15) is 59.6 Å². The van der Waals surface area contributed by atoms with E-state index in [1.165, 1.54) is 0 Å². The maximum Gasteiger partial charge on any atom is 0.304 e.